The van der Waals surface area contributed by atoms with Crippen LogP contribution in [0.25, 0.3) is 0 Å². The number of aromatic nitrogens is 1. The van der Waals surface area contributed by atoms with Gasteiger partial charge in [0, 0.05) is 18.8 Å². The molecule has 1 aromatic heterocycles. The van der Waals surface area contributed by atoms with Crippen molar-refractivity contribution in [2.24, 2.45) is 0 Å². The molecule has 23 heavy (non-hydrogen) atoms. The van der Waals surface area contributed by atoms with Gasteiger partial charge in [0.1, 0.15) is 11.6 Å². The summed E-state index contributed by atoms with van der Waals surface area (Å²) < 4.78 is 5.12. The van der Waals surface area contributed by atoms with Crippen molar-refractivity contribution >= 4 is 11.7 Å². The molecule has 0 saturated carbocycles. The van der Waals surface area contributed by atoms with Gasteiger partial charge in [-0.15, -0.1) is 0 Å². The molecule has 0 aliphatic heterocycles. The first-order chi connectivity index (χ1) is 11.1. The fourth-order valence-electron chi connectivity index (χ4n) is 2.12. The third kappa shape index (κ3) is 5.29. The minimum Gasteiger partial charge on any atom is -0.497 e. The van der Waals surface area contributed by atoms with Crippen LogP contribution in [0.1, 0.15) is 29.8 Å². The van der Waals surface area contributed by atoms with Crippen LogP contribution in [-0.4, -0.2) is 30.6 Å². The molecule has 2 N–H and O–H groups in total. The number of hydrogen-bond donors (Lipinski definition) is 2. The van der Waals surface area contributed by atoms with Gasteiger partial charge in [0.05, 0.1) is 12.7 Å². The maximum Gasteiger partial charge on any atom is 0.252 e. The summed E-state index contributed by atoms with van der Waals surface area (Å²) in [6, 6.07) is 11.7. The van der Waals surface area contributed by atoms with Gasteiger partial charge in [-0.3, -0.25) is 4.79 Å². The zero-order valence-corrected chi connectivity index (χ0v) is 13.8. The van der Waals surface area contributed by atoms with Crippen molar-refractivity contribution in [3.05, 3.63) is 53.7 Å². The molecule has 2 aromatic rings. The fraction of sp³-hybridized carbons (Fsp3) is 0.333. The van der Waals surface area contributed by atoms with E-state index in [1.807, 2.05) is 44.2 Å². The Morgan fingerprint density at radius 2 is 1.91 bits per heavy atom. The first-order valence-electron chi connectivity index (χ1n) is 7.72. The van der Waals surface area contributed by atoms with E-state index in [1.54, 1.807) is 19.4 Å². The van der Waals surface area contributed by atoms with Gasteiger partial charge in [0.25, 0.3) is 5.91 Å². The second kappa shape index (κ2) is 8.17. The third-order valence-corrected chi connectivity index (χ3v) is 3.32. The van der Waals surface area contributed by atoms with Gasteiger partial charge in [-0.2, -0.15) is 0 Å². The number of carbonyl (C=O) groups excluding carboxylic acids is 1. The normalized spacial score (nSPS) is 10.4. The molecule has 0 saturated heterocycles. The Morgan fingerprint density at radius 3 is 2.48 bits per heavy atom. The average Bonchev–Trinajstić information content (AvgIpc) is 2.55. The van der Waals surface area contributed by atoms with Gasteiger partial charge in [0.15, 0.2) is 0 Å². The van der Waals surface area contributed by atoms with Gasteiger partial charge in [-0.05, 0) is 50.1 Å². The number of anilines is 1. The first kappa shape index (κ1) is 16.8. The van der Waals surface area contributed by atoms with Crippen LogP contribution in [0.15, 0.2) is 42.6 Å². The van der Waals surface area contributed by atoms with Gasteiger partial charge in [-0.25, -0.2) is 4.98 Å². The molecular formula is C18H23N3O2. The predicted octanol–water partition coefficient (Wildman–Crippen LogP) is 2.88. The standard InChI is InChI=1S/C18H23N3O2/c1-13(2)21-17-9-6-15(12-20-17)18(22)19-11-10-14-4-7-16(23-3)8-5-14/h4-9,12-13H,10-11H2,1-3H3,(H,19,22)(H,20,21). The molecule has 0 spiro atoms. The van der Waals surface area contributed by atoms with Gasteiger partial charge < -0.3 is 15.4 Å². The number of ether oxygens (including phenoxy) is 1. The first-order valence-corrected chi connectivity index (χ1v) is 7.72. The molecule has 5 nitrogen and oxygen atoms in total. The van der Waals surface area contributed by atoms with Crippen molar-refractivity contribution < 1.29 is 9.53 Å². The lowest BCUT2D eigenvalue weighted by Gasteiger charge is -2.09. The number of rotatable bonds is 7. The molecule has 122 valence electrons. The Kier molecular flexibility index (Phi) is 5.97. The average molecular weight is 313 g/mol. The molecule has 0 unspecified atom stereocenters. The minimum atomic E-state index is -0.109. The Morgan fingerprint density at radius 1 is 1.17 bits per heavy atom. The fourth-order valence-corrected chi connectivity index (χ4v) is 2.12. The number of nitrogens with one attached hydrogen (secondary N) is 2. The highest BCUT2D eigenvalue weighted by Gasteiger charge is 2.06. The molecule has 2 rings (SSSR count). The lowest BCUT2D eigenvalue weighted by molar-refractivity contribution is 0.0954. The Hall–Kier alpha value is -2.56. The van der Waals surface area contributed by atoms with E-state index in [0.29, 0.717) is 18.2 Å². The Bertz CT molecular complexity index is 622. The van der Waals surface area contributed by atoms with E-state index in [9.17, 15) is 4.79 Å². The number of amides is 1. The van der Waals surface area contributed by atoms with E-state index in [2.05, 4.69) is 15.6 Å². The molecule has 0 fully saturated rings. The molecule has 1 amide bonds. The maximum atomic E-state index is 12.1. The van der Waals surface area contributed by atoms with Crippen LogP contribution in [0, 0.1) is 0 Å². The van der Waals surface area contributed by atoms with Gasteiger partial charge >= 0.3 is 0 Å². The van der Waals surface area contributed by atoms with Crippen molar-refractivity contribution in [3.8, 4) is 5.75 Å². The molecule has 0 aliphatic carbocycles. The zero-order valence-electron chi connectivity index (χ0n) is 13.8. The summed E-state index contributed by atoms with van der Waals surface area (Å²) >= 11 is 0. The minimum absolute atomic E-state index is 0.109. The molecule has 0 aliphatic rings. The molecule has 1 heterocycles. The topological polar surface area (TPSA) is 63.2 Å². The molecule has 5 heteroatoms. The van der Waals surface area contributed by atoms with Crippen LogP contribution in [0.4, 0.5) is 5.82 Å². The summed E-state index contributed by atoms with van der Waals surface area (Å²) in [6.07, 6.45) is 2.36. The van der Waals surface area contributed by atoms with E-state index < -0.39 is 0 Å². The van der Waals surface area contributed by atoms with E-state index in [1.165, 1.54) is 0 Å². The van der Waals surface area contributed by atoms with Crippen LogP contribution in [0.2, 0.25) is 0 Å². The van der Waals surface area contributed by atoms with Gasteiger partial charge in [-0.1, -0.05) is 12.1 Å². The van der Waals surface area contributed by atoms with Crippen molar-refractivity contribution in [2.45, 2.75) is 26.3 Å². The highest BCUT2D eigenvalue weighted by Crippen LogP contribution is 2.11. The lowest BCUT2D eigenvalue weighted by Crippen LogP contribution is -2.25. The van der Waals surface area contributed by atoms with E-state index in [0.717, 1.165) is 23.6 Å². The number of hydrogen-bond acceptors (Lipinski definition) is 4. The maximum absolute atomic E-state index is 12.1. The van der Waals surface area contributed by atoms with E-state index in [4.69, 9.17) is 4.74 Å². The smallest absolute Gasteiger partial charge is 0.252 e. The molecule has 0 radical (unpaired) electrons. The summed E-state index contributed by atoms with van der Waals surface area (Å²) in [7, 11) is 1.64. The van der Waals surface area contributed by atoms with Crippen molar-refractivity contribution in [3.63, 3.8) is 0 Å². The third-order valence-electron chi connectivity index (χ3n) is 3.32. The number of pyridine rings is 1. The molecule has 1 aromatic carbocycles. The number of nitrogens with zero attached hydrogens (tertiary/aromatic N) is 1. The second-order valence-corrected chi connectivity index (χ2v) is 5.59. The largest absolute Gasteiger partial charge is 0.497 e. The summed E-state index contributed by atoms with van der Waals surface area (Å²) in [5.41, 5.74) is 1.72. The summed E-state index contributed by atoms with van der Waals surface area (Å²) in [5, 5.41) is 6.10. The van der Waals surface area contributed by atoms with Crippen molar-refractivity contribution in [1.82, 2.24) is 10.3 Å². The summed E-state index contributed by atoms with van der Waals surface area (Å²) in [6.45, 7) is 4.67. The van der Waals surface area contributed by atoms with E-state index in [-0.39, 0.29) is 5.91 Å². The van der Waals surface area contributed by atoms with Gasteiger partial charge in [0.2, 0.25) is 0 Å². The highest BCUT2D eigenvalue weighted by molar-refractivity contribution is 5.94. The number of methoxy groups -OCH3 is 1. The van der Waals surface area contributed by atoms with Crippen molar-refractivity contribution in [1.29, 1.82) is 0 Å². The second-order valence-electron chi connectivity index (χ2n) is 5.59. The van der Waals surface area contributed by atoms with Crippen LogP contribution < -0.4 is 15.4 Å². The summed E-state index contributed by atoms with van der Waals surface area (Å²) in [5.74, 6) is 1.50. The SMILES string of the molecule is COc1ccc(CCNC(=O)c2ccc(NC(C)C)nc2)cc1. The molecule has 0 bridgehead atoms. The lowest BCUT2D eigenvalue weighted by atomic mass is 10.1. The monoisotopic (exact) mass is 313 g/mol. The van der Waals surface area contributed by atoms with Crippen LogP contribution >= 0.6 is 0 Å². The Balaban J connectivity index is 1.81. The van der Waals surface area contributed by atoms with Crippen LogP contribution in [0.3, 0.4) is 0 Å². The number of carbonyl (C=O) groups is 1. The van der Waals surface area contributed by atoms with Crippen LogP contribution in [0.5, 0.6) is 5.75 Å². The number of benzene rings is 1. The van der Waals surface area contributed by atoms with Crippen LogP contribution in [-0.2, 0) is 6.42 Å². The van der Waals surface area contributed by atoms with E-state index >= 15 is 0 Å². The molecular weight excluding hydrogens is 290 g/mol. The Labute approximate surface area is 137 Å². The highest BCUT2D eigenvalue weighted by atomic mass is 16.5. The zero-order chi connectivity index (χ0) is 16.7. The predicted molar refractivity (Wildman–Crippen MR) is 92.0 cm³/mol. The quantitative estimate of drug-likeness (QED) is 0.825. The molecule has 0 atom stereocenters. The van der Waals surface area contributed by atoms with Crippen molar-refractivity contribution in [2.75, 3.05) is 19.0 Å². The summed E-state index contributed by atoms with van der Waals surface area (Å²) in [4.78, 5) is 16.3.